The maximum absolute atomic E-state index is 14.2. The lowest BCUT2D eigenvalue weighted by Crippen LogP contribution is -2.45. The predicted molar refractivity (Wildman–Crippen MR) is 189 cm³/mol. The standard InChI is InChI=1S/C36H52N2O6S2/c1-22(2)21-28(34(42)44-36(9,10)11)37-32(40)30-24(4)16-14-18-27(30)31(25(5)19-20-29(39)43-35(6,7)8)38(46-45)33(41)26-17-13-12-15-23(26)3/h12-18,22,25,28,31,45H,19-21H2,1-11H3,(H,37,40). The van der Waals surface area contributed by atoms with Crippen molar-refractivity contribution in [3.05, 3.63) is 70.3 Å². The molecule has 0 aliphatic carbocycles. The van der Waals surface area contributed by atoms with Gasteiger partial charge in [-0.3, -0.25) is 18.7 Å². The van der Waals surface area contributed by atoms with Gasteiger partial charge in [-0.2, -0.15) is 0 Å². The number of carbonyl (C=O) groups is 4. The van der Waals surface area contributed by atoms with Gasteiger partial charge in [0.25, 0.3) is 11.8 Å². The fourth-order valence-corrected chi connectivity index (χ4v) is 6.36. The van der Waals surface area contributed by atoms with Crippen LogP contribution in [0.3, 0.4) is 0 Å². The van der Waals surface area contributed by atoms with Gasteiger partial charge in [0.1, 0.15) is 17.2 Å². The molecule has 0 spiro atoms. The molecule has 46 heavy (non-hydrogen) atoms. The molecule has 2 amide bonds. The van der Waals surface area contributed by atoms with Crippen LogP contribution in [0.4, 0.5) is 0 Å². The summed E-state index contributed by atoms with van der Waals surface area (Å²) < 4.78 is 12.8. The number of nitrogens with zero attached hydrogens (tertiary/aromatic N) is 1. The number of hydrogen-bond acceptors (Lipinski definition) is 8. The molecule has 8 nitrogen and oxygen atoms in total. The molecule has 0 saturated carbocycles. The van der Waals surface area contributed by atoms with E-state index >= 15 is 0 Å². The van der Waals surface area contributed by atoms with Crippen molar-refractivity contribution < 1.29 is 28.7 Å². The van der Waals surface area contributed by atoms with Crippen molar-refractivity contribution in [1.82, 2.24) is 9.62 Å². The third kappa shape index (κ3) is 11.7. The molecule has 254 valence electrons. The molecule has 2 aromatic rings. The fourth-order valence-electron chi connectivity index (χ4n) is 5.24. The van der Waals surface area contributed by atoms with E-state index in [9.17, 15) is 19.2 Å². The third-order valence-electron chi connectivity index (χ3n) is 7.23. The van der Waals surface area contributed by atoms with Gasteiger partial charge in [0.05, 0.1) is 6.04 Å². The Labute approximate surface area is 284 Å². The van der Waals surface area contributed by atoms with Gasteiger partial charge in [0.15, 0.2) is 0 Å². The first-order valence-corrected chi connectivity index (χ1v) is 17.6. The number of amides is 2. The Morgan fingerprint density at radius 2 is 1.46 bits per heavy atom. The van der Waals surface area contributed by atoms with Gasteiger partial charge in [-0.05, 0) is 103 Å². The molecular formula is C36H52N2O6S2. The second kappa shape index (κ2) is 16.7. The number of rotatable bonds is 13. The SMILES string of the molecule is Cc1ccccc1C(=O)N(SS)C(c1cccc(C)c1C(=O)NC(CC(C)C)C(=O)OC(C)(C)C)C(C)CCC(=O)OC(C)(C)C. The van der Waals surface area contributed by atoms with Crippen LogP contribution in [0, 0.1) is 25.7 Å². The molecule has 2 rings (SSSR count). The van der Waals surface area contributed by atoms with Gasteiger partial charge in [0, 0.05) is 28.5 Å². The van der Waals surface area contributed by atoms with Crippen LogP contribution in [0.15, 0.2) is 42.5 Å². The molecule has 0 aromatic heterocycles. The van der Waals surface area contributed by atoms with E-state index in [1.54, 1.807) is 37.2 Å². The monoisotopic (exact) mass is 672 g/mol. The second-order valence-corrected chi connectivity index (χ2v) is 15.3. The summed E-state index contributed by atoms with van der Waals surface area (Å²) in [6, 6.07) is 11.3. The zero-order chi connectivity index (χ0) is 35.0. The van der Waals surface area contributed by atoms with Crippen molar-refractivity contribution in [3.63, 3.8) is 0 Å². The van der Waals surface area contributed by atoms with Crippen LogP contribution in [-0.4, -0.2) is 45.3 Å². The number of aryl methyl sites for hydroxylation is 2. The molecule has 0 saturated heterocycles. The van der Waals surface area contributed by atoms with E-state index < -0.39 is 35.2 Å². The van der Waals surface area contributed by atoms with E-state index in [-0.39, 0.29) is 30.1 Å². The zero-order valence-corrected chi connectivity index (χ0v) is 30.9. The summed E-state index contributed by atoms with van der Waals surface area (Å²) in [5, 5.41) is 2.95. The number of nitrogens with one attached hydrogen (secondary N) is 1. The van der Waals surface area contributed by atoms with E-state index in [2.05, 4.69) is 17.0 Å². The zero-order valence-electron chi connectivity index (χ0n) is 29.2. The van der Waals surface area contributed by atoms with Crippen LogP contribution in [-0.2, 0) is 19.1 Å². The van der Waals surface area contributed by atoms with Gasteiger partial charge in [0.2, 0.25) is 0 Å². The Kier molecular flexibility index (Phi) is 14.3. The summed E-state index contributed by atoms with van der Waals surface area (Å²) in [6.45, 7) is 20.4. The summed E-state index contributed by atoms with van der Waals surface area (Å²) >= 11 is 4.53. The lowest BCUT2D eigenvalue weighted by Gasteiger charge is -2.35. The number of esters is 2. The normalized spacial score (nSPS) is 13.8. The van der Waals surface area contributed by atoms with E-state index in [1.807, 2.05) is 85.7 Å². The van der Waals surface area contributed by atoms with Crippen LogP contribution in [0.2, 0.25) is 0 Å². The molecule has 2 aromatic carbocycles. The summed E-state index contributed by atoms with van der Waals surface area (Å²) in [6.07, 6.45) is 0.900. The maximum Gasteiger partial charge on any atom is 0.329 e. The van der Waals surface area contributed by atoms with Crippen LogP contribution in [0.1, 0.15) is 125 Å². The molecule has 3 unspecified atom stereocenters. The molecule has 0 heterocycles. The maximum atomic E-state index is 14.2. The van der Waals surface area contributed by atoms with E-state index in [1.165, 1.54) is 0 Å². The highest BCUT2D eigenvalue weighted by Crippen LogP contribution is 2.41. The molecule has 0 bridgehead atoms. The lowest BCUT2D eigenvalue weighted by atomic mass is 9.85. The van der Waals surface area contributed by atoms with Crippen LogP contribution in [0.25, 0.3) is 0 Å². The Morgan fingerprint density at radius 1 is 0.870 bits per heavy atom. The first-order chi connectivity index (χ1) is 21.3. The minimum absolute atomic E-state index is 0.109. The first-order valence-electron chi connectivity index (χ1n) is 15.8. The summed E-state index contributed by atoms with van der Waals surface area (Å²) in [7, 11) is 0.973. The molecule has 10 heteroatoms. The van der Waals surface area contributed by atoms with Gasteiger partial charge < -0.3 is 14.8 Å². The summed E-state index contributed by atoms with van der Waals surface area (Å²) in [4.78, 5) is 54.3. The third-order valence-corrected chi connectivity index (χ3v) is 8.33. The second-order valence-electron chi connectivity index (χ2n) is 14.3. The number of thiol groups is 1. The van der Waals surface area contributed by atoms with Crippen molar-refractivity contribution in [2.45, 2.75) is 119 Å². The highest BCUT2D eigenvalue weighted by molar-refractivity contribution is 8.67. The molecule has 3 atom stereocenters. The Balaban J connectivity index is 2.65. The van der Waals surface area contributed by atoms with Crippen LogP contribution < -0.4 is 5.32 Å². The van der Waals surface area contributed by atoms with Crippen molar-refractivity contribution in [2.24, 2.45) is 11.8 Å². The highest BCUT2D eigenvalue weighted by atomic mass is 33.1. The Bertz CT molecular complexity index is 1380. The van der Waals surface area contributed by atoms with Crippen LogP contribution in [0.5, 0.6) is 0 Å². The van der Waals surface area contributed by atoms with E-state index in [0.29, 0.717) is 35.1 Å². The average Bonchev–Trinajstić information content (AvgIpc) is 2.91. The first kappa shape index (κ1) is 39.2. The molecule has 0 radical (unpaired) electrons. The van der Waals surface area contributed by atoms with Crippen LogP contribution >= 0.6 is 22.6 Å². The predicted octanol–water partition coefficient (Wildman–Crippen LogP) is 8.22. The molecule has 0 fully saturated rings. The minimum Gasteiger partial charge on any atom is -0.460 e. The topological polar surface area (TPSA) is 102 Å². The summed E-state index contributed by atoms with van der Waals surface area (Å²) in [5.41, 5.74) is 1.59. The largest absolute Gasteiger partial charge is 0.460 e. The smallest absolute Gasteiger partial charge is 0.329 e. The average molecular weight is 673 g/mol. The number of ether oxygens (including phenoxy) is 2. The van der Waals surface area contributed by atoms with Gasteiger partial charge >= 0.3 is 11.9 Å². The van der Waals surface area contributed by atoms with Crippen molar-refractivity contribution in [1.29, 1.82) is 0 Å². The lowest BCUT2D eigenvalue weighted by molar-refractivity contribution is -0.158. The molecule has 1 N–H and O–H groups in total. The number of benzene rings is 2. The Hall–Kier alpha value is -2.98. The van der Waals surface area contributed by atoms with Gasteiger partial charge in [-0.1, -0.05) is 68.8 Å². The van der Waals surface area contributed by atoms with Gasteiger partial charge in [-0.15, -0.1) is 0 Å². The number of carbonyl (C=O) groups excluding carboxylic acids is 4. The fraction of sp³-hybridized carbons (Fsp3) is 0.556. The van der Waals surface area contributed by atoms with Gasteiger partial charge in [-0.25, -0.2) is 4.79 Å². The highest BCUT2D eigenvalue weighted by Gasteiger charge is 2.36. The molecular weight excluding hydrogens is 621 g/mol. The Morgan fingerprint density at radius 3 is 2.00 bits per heavy atom. The molecule has 0 aliphatic rings. The van der Waals surface area contributed by atoms with Crippen molar-refractivity contribution in [3.8, 4) is 0 Å². The summed E-state index contributed by atoms with van der Waals surface area (Å²) in [5.74, 6) is -1.75. The van der Waals surface area contributed by atoms with E-state index in [0.717, 1.165) is 16.5 Å². The number of hydrogen-bond donors (Lipinski definition) is 2. The van der Waals surface area contributed by atoms with Crippen molar-refractivity contribution >= 4 is 46.4 Å². The molecule has 0 aliphatic heterocycles. The van der Waals surface area contributed by atoms with E-state index in [4.69, 9.17) is 9.47 Å². The minimum atomic E-state index is -0.869. The quantitative estimate of drug-likeness (QED) is 0.0957. The van der Waals surface area contributed by atoms with Crippen molar-refractivity contribution in [2.75, 3.05) is 0 Å².